The van der Waals surface area contributed by atoms with E-state index in [9.17, 15) is 9.59 Å². The SMILES string of the molecule is O=C1CCC(c2ccc(-n3[nH]c(-c4ccccc4)cc3=O)cc2)=NN1. The van der Waals surface area contributed by atoms with Crippen molar-refractivity contribution in [2.45, 2.75) is 12.8 Å². The van der Waals surface area contributed by atoms with Crippen molar-refractivity contribution in [3.05, 3.63) is 76.6 Å². The van der Waals surface area contributed by atoms with Crippen molar-refractivity contribution in [2.24, 2.45) is 5.10 Å². The molecule has 124 valence electrons. The number of nitrogens with one attached hydrogen (secondary N) is 2. The zero-order valence-electron chi connectivity index (χ0n) is 13.4. The molecule has 0 atom stereocenters. The van der Waals surface area contributed by atoms with Gasteiger partial charge in [0.1, 0.15) is 0 Å². The van der Waals surface area contributed by atoms with Gasteiger partial charge in [-0.25, -0.2) is 10.1 Å². The monoisotopic (exact) mass is 332 g/mol. The molecule has 2 heterocycles. The number of hydrogen-bond acceptors (Lipinski definition) is 3. The Morgan fingerprint density at radius 1 is 0.880 bits per heavy atom. The number of H-pyrrole nitrogens is 1. The lowest BCUT2D eigenvalue weighted by Gasteiger charge is -2.12. The third-order valence-electron chi connectivity index (χ3n) is 4.17. The van der Waals surface area contributed by atoms with Crippen LogP contribution in [0.2, 0.25) is 0 Å². The first kappa shape index (κ1) is 15.1. The number of aromatic nitrogens is 2. The first-order valence-corrected chi connectivity index (χ1v) is 8.04. The fourth-order valence-corrected chi connectivity index (χ4v) is 2.84. The third-order valence-corrected chi connectivity index (χ3v) is 4.17. The Kier molecular flexibility index (Phi) is 3.78. The van der Waals surface area contributed by atoms with Gasteiger partial charge >= 0.3 is 0 Å². The van der Waals surface area contributed by atoms with Crippen LogP contribution in [0.3, 0.4) is 0 Å². The van der Waals surface area contributed by atoms with Crippen LogP contribution >= 0.6 is 0 Å². The molecule has 1 aliphatic heterocycles. The predicted octanol–water partition coefficient (Wildman–Crippen LogP) is 2.45. The number of carbonyl (C=O) groups excluding carboxylic acids is 1. The summed E-state index contributed by atoms with van der Waals surface area (Å²) in [5, 5.41) is 7.22. The molecule has 0 radical (unpaired) electrons. The second kappa shape index (κ2) is 6.24. The van der Waals surface area contributed by atoms with E-state index in [1.807, 2.05) is 54.6 Å². The van der Waals surface area contributed by atoms with Crippen LogP contribution in [0.4, 0.5) is 0 Å². The normalized spacial score (nSPS) is 14.1. The van der Waals surface area contributed by atoms with Crippen molar-refractivity contribution in [3.8, 4) is 16.9 Å². The zero-order valence-corrected chi connectivity index (χ0v) is 13.4. The van der Waals surface area contributed by atoms with E-state index in [1.54, 1.807) is 6.07 Å². The fraction of sp³-hybridized carbons (Fsp3) is 0.105. The summed E-state index contributed by atoms with van der Waals surface area (Å²) < 4.78 is 1.51. The summed E-state index contributed by atoms with van der Waals surface area (Å²) in [4.78, 5) is 23.5. The minimum absolute atomic E-state index is 0.0632. The molecule has 0 aliphatic carbocycles. The number of hydrazone groups is 1. The van der Waals surface area contributed by atoms with Gasteiger partial charge in [-0.3, -0.25) is 14.7 Å². The topological polar surface area (TPSA) is 79.2 Å². The van der Waals surface area contributed by atoms with Crippen LogP contribution in [0.25, 0.3) is 16.9 Å². The summed E-state index contributed by atoms with van der Waals surface area (Å²) in [6.07, 6.45) is 1.06. The standard InChI is InChI=1S/C19H16N4O2/c24-18-11-10-16(20-21-18)14-6-8-15(9-7-14)23-19(25)12-17(22-23)13-4-2-1-3-5-13/h1-9,12,22H,10-11H2,(H,21,24). The Bertz CT molecular complexity index is 998. The summed E-state index contributed by atoms with van der Waals surface area (Å²) in [5.74, 6) is -0.0632. The van der Waals surface area contributed by atoms with E-state index < -0.39 is 0 Å². The minimum atomic E-state index is -0.117. The number of aromatic amines is 1. The van der Waals surface area contributed by atoms with Gasteiger partial charge in [-0.05, 0) is 23.3 Å². The van der Waals surface area contributed by atoms with E-state index >= 15 is 0 Å². The van der Waals surface area contributed by atoms with Crippen LogP contribution in [0.1, 0.15) is 18.4 Å². The van der Waals surface area contributed by atoms with Crippen molar-refractivity contribution < 1.29 is 4.79 Å². The van der Waals surface area contributed by atoms with Crippen LogP contribution in [0.15, 0.2) is 70.6 Å². The first-order valence-electron chi connectivity index (χ1n) is 8.04. The second-order valence-electron chi connectivity index (χ2n) is 5.85. The quantitative estimate of drug-likeness (QED) is 0.772. The Balaban J connectivity index is 1.64. The molecular formula is C19H16N4O2. The molecule has 0 unspecified atom stereocenters. The van der Waals surface area contributed by atoms with Crippen LogP contribution in [-0.4, -0.2) is 21.4 Å². The van der Waals surface area contributed by atoms with E-state index in [2.05, 4.69) is 15.6 Å². The molecule has 25 heavy (non-hydrogen) atoms. The number of hydrogen-bond donors (Lipinski definition) is 2. The largest absolute Gasteiger partial charge is 0.290 e. The summed E-state index contributed by atoms with van der Waals surface area (Å²) in [6.45, 7) is 0. The van der Waals surface area contributed by atoms with E-state index in [-0.39, 0.29) is 11.5 Å². The van der Waals surface area contributed by atoms with E-state index in [4.69, 9.17) is 0 Å². The number of rotatable bonds is 3. The molecule has 0 saturated carbocycles. The lowest BCUT2D eigenvalue weighted by molar-refractivity contribution is -0.121. The van der Waals surface area contributed by atoms with Gasteiger partial charge in [0.05, 0.1) is 17.1 Å². The number of nitrogens with zero attached hydrogens (tertiary/aromatic N) is 2. The van der Waals surface area contributed by atoms with Gasteiger partial charge in [-0.15, -0.1) is 0 Å². The van der Waals surface area contributed by atoms with Gasteiger partial charge in [-0.2, -0.15) is 5.10 Å². The van der Waals surface area contributed by atoms with Gasteiger partial charge in [-0.1, -0.05) is 42.5 Å². The Morgan fingerprint density at radius 3 is 2.32 bits per heavy atom. The maximum absolute atomic E-state index is 12.3. The molecule has 2 aromatic carbocycles. The molecule has 1 amide bonds. The molecule has 1 aliphatic rings. The van der Waals surface area contributed by atoms with Gasteiger partial charge in [0.25, 0.3) is 5.56 Å². The molecule has 2 N–H and O–H groups in total. The highest BCUT2D eigenvalue weighted by Gasteiger charge is 2.13. The molecular weight excluding hydrogens is 316 g/mol. The van der Waals surface area contributed by atoms with Crippen molar-refractivity contribution in [1.82, 2.24) is 15.2 Å². The average Bonchev–Trinajstić information content (AvgIpc) is 3.05. The molecule has 6 nitrogen and oxygen atoms in total. The maximum Gasteiger partial charge on any atom is 0.271 e. The fourth-order valence-electron chi connectivity index (χ4n) is 2.84. The van der Waals surface area contributed by atoms with E-state index in [1.165, 1.54) is 4.68 Å². The Labute approximate surface area is 143 Å². The van der Waals surface area contributed by atoms with Crippen LogP contribution in [0, 0.1) is 0 Å². The summed E-state index contributed by atoms with van der Waals surface area (Å²) in [5.41, 5.74) is 6.64. The van der Waals surface area contributed by atoms with Crippen LogP contribution in [-0.2, 0) is 4.79 Å². The van der Waals surface area contributed by atoms with Crippen molar-refractivity contribution in [2.75, 3.05) is 0 Å². The lowest BCUT2D eigenvalue weighted by atomic mass is 10.0. The predicted molar refractivity (Wildman–Crippen MR) is 95.7 cm³/mol. The van der Waals surface area contributed by atoms with Crippen LogP contribution < -0.4 is 11.0 Å². The minimum Gasteiger partial charge on any atom is -0.290 e. The molecule has 0 fully saturated rings. The van der Waals surface area contributed by atoms with E-state index in [0.29, 0.717) is 12.8 Å². The highest BCUT2D eigenvalue weighted by Crippen LogP contribution is 2.17. The van der Waals surface area contributed by atoms with Gasteiger partial charge in [0, 0.05) is 18.9 Å². The van der Waals surface area contributed by atoms with Crippen LogP contribution in [0.5, 0.6) is 0 Å². The first-order chi connectivity index (χ1) is 12.2. The average molecular weight is 332 g/mol. The number of amides is 1. The number of benzene rings is 2. The van der Waals surface area contributed by atoms with Crippen molar-refractivity contribution in [1.29, 1.82) is 0 Å². The summed E-state index contributed by atoms with van der Waals surface area (Å²) >= 11 is 0. The highest BCUT2D eigenvalue weighted by atomic mass is 16.2. The molecule has 6 heteroatoms. The van der Waals surface area contributed by atoms with Crippen molar-refractivity contribution >= 4 is 11.6 Å². The lowest BCUT2D eigenvalue weighted by Crippen LogP contribution is -2.25. The van der Waals surface area contributed by atoms with Crippen molar-refractivity contribution in [3.63, 3.8) is 0 Å². The summed E-state index contributed by atoms with van der Waals surface area (Å²) in [7, 11) is 0. The summed E-state index contributed by atoms with van der Waals surface area (Å²) in [6, 6.07) is 18.8. The highest BCUT2D eigenvalue weighted by molar-refractivity contribution is 6.04. The smallest absolute Gasteiger partial charge is 0.271 e. The Morgan fingerprint density at radius 2 is 1.64 bits per heavy atom. The van der Waals surface area contributed by atoms with Gasteiger partial charge in [0.2, 0.25) is 5.91 Å². The molecule has 0 spiro atoms. The zero-order chi connectivity index (χ0) is 17.2. The molecule has 0 saturated heterocycles. The molecule has 1 aromatic heterocycles. The maximum atomic E-state index is 12.3. The van der Waals surface area contributed by atoms with Gasteiger partial charge < -0.3 is 0 Å². The molecule has 4 rings (SSSR count). The molecule has 0 bridgehead atoms. The number of carbonyl (C=O) groups is 1. The van der Waals surface area contributed by atoms with Gasteiger partial charge in [0.15, 0.2) is 0 Å². The van der Waals surface area contributed by atoms with E-state index in [0.717, 1.165) is 28.2 Å². The second-order valence-corrected chi connectivity index (χ2v) is 5.85. The molecule has 3 aromatic rings. The Hall–Kier alpha value is -3.41. The third kappa shape index (κ3) is 3.01.